The summed E-state index contributed by atoms with van der Waals surface area (Å²) in [5.74, 6) is 9.24. The van der Waals surface area contributed by atoms with Gasteiger partial charge in [-0.3, -0.25) is 0 Å². The van der Waals surface area contributed by atoms with E-state index >= 15 is 0 Å². The molecule has 0 aromatic rings. The Labute approximate surface area is 142 Å². The van der Waals surface area contributed by atoms with Crippen molar-refractivity contribution in [3.63, 3.8) is 0 Å². The van der Waals surface area contributed by atoms with Crippen LogP contribution in [0.5, 0.6) is 0 Å². The van der Waals surface area contributed by atoms with E-state index in [9.17, 15) is 5.11 Å². The van der Waals surface area contributed by atoms with Crippen molar-refractivity contribution in [1.29, 1.82) is 0 Å². The van der Waals surface area contributed by atoms with Crippen molar-refractivity contribution in [2.24, 2.45) is 58.7 Å². The monoisotopic (exact) mass is 316 g/mol. The van der Waals surface area contributed by atoms with Crippen molar-refractivity contribution in [1.82, 2.24) is 0 Å². The highest BCUT2D eigenvalue weighted by atomic mass is 16.3. The Bertz CT molecular complexity index is 473. The molecule has 1 N–H and O–H groups in total. The molecule has 130 valence electrons. The van der Waals surface area contributed by atoms with Gasteiger partial charge in [-0.05, 0) is 110 Å². The summed E-state index contributed by atoms with van der Waals surface area (Å²) in [4.78, 5) is 0. The molecule has 0 aromatic carbocycles. The van der Waals surface area contributed by atoms with Crippen LogP contribution in [0.4, 0.5) is 0 Å². The molecule has 0 aliphatic heterocycles. The lowest BCUT2D eigenvalue weighted by Crippen LogP contribution is -2.50. The molecule has 1 nitrogen and oxygen atoms in total. The minimum atomic E-state index is 0.423. The molecule has 23 heavy (non-hydrogen) atoms. The Morgan fingerprint density at radius 1 is 0.870 bits per heavy atom. The lowest BCUT2D eigenvalue weighted by atomic mass is 9.48. The van der Waals surface area contributed by atoms with Gasteiger partial charge in [-0.25, -0.2) is 0 Å². The lowest BCUT2D eigenvalue weighted by molar-refractivity contribution is -0.0818. The molecule has 5 saturated carbocycles. The molecule has 5 aliphatic rings. The number of hydrogen-bond acceptors (Lipinski definition) is 1. The molecule has 5 rings (SSSR count). The SMILES string of the molecule is CC1CCC2C(CC[C@@H]3C2CC[C@]2(C)C(CCO)[C@H]4CC4C32)C1. The normalized spacial score (nSPS) is 60.4. The second-order valence-corrected chi connectivity index (χ2v) is 10.5. The highest BCUT2D eigenvalue weighted by Gasteiger charge is 2.68. The van der Waals surface area contributed by atoms with Crippen molar-refractivity contribution in [2.45, 2.75) is 71.6 Å². The molecule has 0 aromatic heterocycles. The van der Waals surface area contributed by atoms with E-state index in [-0.39, 0.29) is 0 Å². The zero-order valence-corrected chi connectivity index (χ0v) is 15.2. The first-order chi connectivity index (χ1) is 11.1. The lowest BCUT2D eigenvalue weighted by Gasteiger charge is -2.57. The van der Waals surface area contributed by atoms with Crippen LogP contribution in [0.1, 0.15) is 71.6 Å². The van der Waals surface area contributed by atoms with Gasteiger partial charge in [0.25, 0.3) is 0 Å². The zero-order chi connectivity index (χ0) is 15.8. The summed E-state index contributed by atoms with van der Waals surface area (Å²) in [6.45, 7) is 5.55. The predicted molar refractivity (Wildman–Crippen MR) is 93.8 cm³/mol. The van der Waals surface area contributed by atoms with Gasteiger partial charge in [-0.1, -0.05) is 20.3 Å². The van der Waals surface area contributed by atoms with Crippen LogP contribution in [0.15, 0.2) is 0 Å². The fourth-order valence-electron chi connectivity index (χ4n) is 8.89. The number of rotatable bonds is 2. The number of aliphatic hydroxyl groups excluding tert-OH is 1. The fourth-order valence-corrected chi connectivity index (χ4v) is 8.89. The van der Waals surface area contributed by atoms with Gasteiger partial charge < -0.3 is 5.11 Å². The van der Waals surface area contributed by atoms with Gasteiger partial charge in [0.2, 0.25) is 0 Å². The third-order valence-electron chi connectivity index (χ3n) is 9.67. The molecular weight excluding hydrogens is 280 g/mol. The highest BCUT2D eigenvalue weighted by molar-refractivity contribution is 5.17. The van der Waals surface area contributed by atoms with E-state index in [1.807, 2.05) is 0 Å². The van der Waals surface area contributed by atoms with E-state index in [0.717, 1.165) is 59.7 Å². The van der Waals surface area contributed by atoms with Crippen molar-refractivity contribution in [3.05, 3.63) is 0 Å². The van der Waals surface area contributed by atoms with Crippen LogP contribution in [0.2, 0.25) is 0 Å². The summed E-state index contributed by atoms with van der Waals surface area (Å²) < 4.78 is 0. The second-order valence-electron chi connectivity index (χ2n) is 10.5. The van der Waals surface area contributed by atoms with E-state index in [2.05, 4.69) is 13.8 Å². The van der Waals surface area contributed by atoms with Crippen LogP contribution in [0.25, 0.3) is 0 Å². The Hall–Kier alpha value is -0.0400. The van der Waals surface area contributed by atoms with E-state index in [1.165, 1.54) is 32.1 Å². The Morgan fingerprint density at radius 3 is 2.52 bits per heavy atom. The maximum absolute atomic E-state index is 9.58. The minimum Gasteiger partial charge on any atom is -0.396 e. The summed E-state index contributed by atoms with van der Waals surface area (Å²) in [5, 5.41) is 9.58. The first kappa shape index (κ1) is 15.2. The van der Waals surface area contributed by atoms with Crippen LogP contribution < -0.4 is 0 Å². The molecule has 1 heteroatoms. The van der Waals surface area contributed by atoms with Crippen LogP contribution in [-0.4, -0.2) is 11.7 Å². The van der Waals surface area contributed by atoms with E-state index in [4.69, 9.17) is 0 Å². The number of hydrogen-bond donors (Lipinski definition) is 1. The average Bonchev–Trinajstić information content (AvgIpc) is 3.26. The van der Waals surface area contributed by atoms with Gasteiger partial charge >= 0.3 is 0 Å². The first-order valence-corrected chi connectivity index (χ1v) is 10.7. The molecule has 5 aliphatic carbocycles. The number of fused-ring (bicyclic) bond motifs is 7. The molecule has 0 heterocycles. The van der Waals surface area contributed by atoms with Crippen LogP contribution >= 0.6 is 0 Å². The summed E-state index contributed by atoms with van der Waals surface area (Å²) >= 11 is 0. The van der Waals surface area contributed by atoms with E-state index in [0.29, 0.717) is 12.0 Å². The molecule has 0 saturated heterocycles. The van der Waals surface area contributed by atoms with E-state index < -0.39 is 0 Å². The smallest absolute Gasteiger partial charge is 0.0433 e. The average molecular weight is 317 g/mol. The highest BCUT2D eigenvalue weighted by Crippen LogP contribution is 2.75. The topological polar surface area (TPSA) is 20.2 Å². The Balaban J connectivity index is 1.41. The summed E-state index contributed by atoms with van der Waals surface area (Å²) in [7, 11) is 0. The molecule has 10 atom stereocenters. The van der Waals surface area contributed by atoms with Crippen molar-refractivity contribution in [3.8, 4) is 0 Å². The Morgan fingerprint density at radius 2 is 1.70 bits per heavy atom. The van der Waals surface area contributed by atoms with Crippen LogP contribution in [0, 0.1) is 58.7 Å². The van der Waals surface area contributed by atoms with Gasteiger partial charge in [0.1, 0.15) is 0 Å². The molecular formula is C22H36O. The third kappa shape index (κ3) is 2.07. The molecule has 0 bridgehead atoms. The molecule has 7 unspecified atom stereocenters. The standard InChI is InChI=1S/C22H36O/c1-13-3-5-15-14(11-13)4-6-17-16(15)7-9-22(2)20(8-10-23)18-12-19(18)21(17)22/h13-21,23H,3-12H2,1-2H3/t13?,14?,15?,16?,17-,18+,19?,20?,21?,22-/m1/s1. The summed E-state index contributed by atoms with van der Waals surface area (Å²) in [6.07, 6.45) is 13.3. The Kier molecular flexibility index (Phi) is 3.46. The zero-order valence-electron chi connectivity index (χ0n) is 15.2. The van der Waals surface area contributed by atoms with Crippen molar-refractivity contribution < 1.29 is 5.11 Å². The van der Waals surface area contributed by atoms with Gasteiger partial charge in [0.15, 0.2) is 0 Å². The van der Waals surface area contributed by atoms with Crippen molar-refractivity contribution in [2.75, 3.05) is 6.61 Å². The summed E-state index contributed by atoms with van der Waals surface area (Å²) in [5.41, 5.74) is 0.590. The van der Waals surface area contributed by atoms with Crippen molar-refractivity contribution >= 4 is 0 Å². The fraction of sp³-hybridized carbons (Fsp3) is 1.00. The van der Waals surface area contributed by atoms with Gasteiger partial charge in [-0.15, -0.1) is 0 Å². The van der Waals surface area contributed by atoms with Crippen LogP contribution in [-0.2, 0) is 0 Å². The quantitative estimate of drug-likeness (QED) is 0.749. The van der Waals surface area contributed by atoms with Gasteiger partial charge in [0, 0.05) is 6.61 Å². The molecule has 5 fully saturated rings. The third-order valence-corrected chi connectivity index (χ3v) is 9.67. The maximum Gasteiger partial charge on any atom is 0.0433 e. The summed E-state index contributed by atoms with van der Waals surface area (Å²) in [6, 6.07) is 0. The van der Waals surface area contributed by atoms with Gasteiger partial charge in [-0.2, -0.15) is 0 Å². The molecule has 0 radical (unpaired) electrons. The largest absolute Gasteiger partial charge is 0.396 e. The van der Waals surface area contributed by atoms with Gasteiger partial charge in [0.05, 0.1) is 0 Å². The first-order valence-electron chi connectivity index (χ1n) is 10.7. The van der Waals surface area contributed by atoms with Crippen LogP contribution in [0.3, 0.4) is 0 Å². The molecule has 0 spiro atoms. The minimum absolute atomic E-state index is 0.423. The number of aliphatic hydroxyl groups is 1. The second kappa shape index (κ2) is 5.23. The molecule has 0 amide bonds. The predicted octanol–water partition coefficient (Wildman–Crippen LogP) is 5.13. The maximum atomic E-state index is 9.58. The van der Waals surface area contributed by atoms with E-state index in [1.54, 1.807) is 19.3 Å².